The van der Waals surface area contributed by atoms with Crippen LogP contribution < -0.4 is 34.9 Å². The van der Waals surface area contributed by atoms with Crippen LogP contribution in [0.4, 0.5) is 5.69 Å². The number of anilines is 1. The average Bonchev–Trinajstić information content (AvgIpc) is 2.73. The summed E-state index contributed by atoms with van der Waals surface area (Å²) in [5, 5.41) is 6.51. The minimum absolute atomic E-state index is 0. The van der Waals surface area contributed by atoms with Gasteiger partial charge in [0.25, 0.3) is 0 Å². The molecule has 0 bridgehead atoms. The van der Waals surface area contributed by atoms with Crippen LogP contribution in [0.15, 0.2) is 36.4 Å². The van der Waals surface area contributed by atoms with Gasteiger partial charge in [-0.25, -0.2) is 4.98 Å². The lowest BCUT2D eigenvalue weighted by atomic mass is 10.1. The molecule has 0 radical (unpaired) electrons. The van der Waals surface area contributed by atoms with Crippen LogP contribution in [0, 0.1) is 0 Å². The number of methoxy groups -OCH3 is 1. The molecule has 0 aliphatic heterocycles. The quantitative estimate of drug-likeness (QED) is 0.283. The van der Waals surface area contributed by atoms with Crippen LogP contribution in [0.25, 0.3) is 21.8 Å². The smallest absolute Gasteiger partial charge is 0.119 e. The van der Waals surface area contributed by atoms with E-state index >= 15 is 0 Å². The second kappa shape index (κ2) is 14.4. The van der Waals surface area contributed by atoms with Crippen LogP contribution >= 0.6 is 34.8 Å². The Morgan fingerprint density at radius 1 is 0.969 bits per heavy atom. The molecule has 0 saturated carbocycles. The lowest BCUT2D eigenvalue weighted by molar-refractivity contribution is -0.00100. The van der Waals surface area contributed by atoms with E-state index in [1.54, 1.807) is 7.11 Å². The van der Waals surface area contributed by atoms with E-state index in [-0.39, 0.29) is 30.9 Å². The monoisotopic (exact) mass is 537 g/mol. The van der Waals surface area contributed by atoms with Crippen molar-refractivity contribution in [2.45, 2.75) is 25.8 Å². The van der Waals surface area contributed by atoms with Gasteiger partial charge in [-0.05, 0) is 62.7 Å². The van der Waals surface area contributed by atoms with E-state index in [9.17, 15) is 0 Å². The van der Waals surface area contributed by atoms with Crippen LogP contribution in [0.3, 0.4) is 0 Å². The summed E-state index contributed by atoms with van der Waals surface area (Å²) in [6.07, 6.45) is 2.10. The van der Waals surface area contributed by atoms with Crippen LogP contribution in [-0.2, 0) is 0 Å². The summed E-state index contributed by atoms with van der Waals surface area (Å²) in [6.45, 7) is 4.95. The number of aromatic nitrogens is 1. The molecule has 1 N–H and O–H groups in total. The molecule has 1 unspecified atom stereocenters. The molecule has 0 aliphatic carbocycles. The van der Waals surface area contributed by atoms with Crippen molar-refractivity contribution in [1.29, 1.82) is 0 Å². The first-order valence-electron chi connectivity index (χ1n) is 10.2. The van der Waals surface area contributed by atoms with Gasteiger partial charge in [0, 0.05) is 46.7 Å². The molecule has 3 aromatic rings. The Kier molecular flexibility index (Phi) is 13.1. The zero-order valence-corrected chi connectivity index (χ0v) is 22.0. The number of nitrogens with zero attached hydrogens (tertiary/aromatic N) is 2. The number of hydrogen-bond acceptors (Lipinski definition) is 4. The van der Waals surface area contributed by atoms with E-state index in [4.69, 9.17) is 44.5 Å². The highest BCUT2D eigenvalue weighted by atomic mass is 35.5. The maximum Gasteiger partial charge on any atom is 0.119 e. The van der Waals surface area contributed by atoms with E-state index in [0.29, 0.717) is 16.8 Å². The highest BCUT2D eigenvalue weighted by Crippen LogP contribution is 2.34. The molecule has 0 saturated heterocycles. The number of rotatable bonds is 11. The third-order valence-electron chi connectivity index (χ3n) is 5.25. The van der Waals surface area contributed by atoms with Gasteiger partial charge in [-0.1, -0.05) is 11.6 Å². The Labute approximate surface area is 217 Å². The number of fused-ring (bicyclic) bond motifs is 2. The molecule has 1 heterocycles. The van der Waals surface area contributed by atoms with Gasteiger partial charge in [-0.3, -0.25) is 0 Å². The maximum atomic E-state index is 6.22. The largest absolute Gasteiger partial charge is 1.00 e. The van der Waals surface area contributed by atoms with Crippen LogP contribution in [0.1, 0.15) is 19.8 Å². The highest BCUT2D eigenvalue weighted by Gasteiger charge is 2.14. The third kappa shape index (κ3) is 7.58. The molecule has 0 amide bonds. The van der Waals surface area contributed by atoms with Gasteiger partial charge in [0.15, 0.2) is 0 Å². The summed E-state index contributed by atoms with van der Waals surface area (Å²) < 4.78 is 5.45. The van der Waals surface area contributed by atoms with Gasteiger partial charge in [-0.15, -0.1) is 23.2 Å². The van der Waals surface area contributed by atoms with Crippen molar-refractivity contribution in [2.24, 2.45) is 0 Å². The summed E-state index contributed by atoms with van der Waals surface area (Å²) in [4.78, 5) is 7.11. The van der Waals surface area contributed by atoms with E-state index in [0.717, 1.165) is 65.7 Å². The molecule has 1 atom stereocenters. The zero-order chi connectivity index (χ0) is 21.5. The van der Waals surface area contributed by atoms with Crippen molar-refractivity contribution >= 4 is 62.3 Å². The third-order valence-corrected chi connectivity index (χ3v) is 5.82. The summed E-state index contributed by atoms with van der Waals surface area (Å²) >= 11 is 18.0. The summed E-state index contributed by atoms with van der Waals surface area (Å²) in [5.74, 6) is 2.07. The molecule has 4 nitrogen and oxygen atoms in total. The van der Waals surface area contributed by atoms with Crippen molar-refractivity contribution in [1.82, 2.24) is 9.88 Å². The van der Waals surface area contributed by atoms with Crippen molar-refractivity contribution < 1.29 is 29.6 Å². The fourth-order valence-corrected chi connectivity index (χ4v) is 4.34. The van der Waals surface area contributed by atoms with Gasteiger partial charge in [-0.2, -0.15) is 0 Å². The van der Waals surface area contributed by atoms with Crippen molar-refractivity contribution in [3.05, 3.63) is 41.4 Å². The molecule has 0 fully saturated rings. The molecule has 1 aromatic heterocycles. The first kappa shape index (κ1) is 29.2. The topological polar surface area (TPSA) is 37.4 Å². The predicted octanol–water partition coefficient (Wildman–Crippen LogP) is 0.418. The Morgan fingerprint density at radius 2 is 1.69 bits per heavy atom. The fourth-order valence-electron chi connectivity index (χ4n) is 3.69. The van der Waals surface area contributed by atoms with Crippen LogP contribution in [0.5, 0.6) is 5.75 Å². The molecular weight excluding hydrogens is 512 g/mol. The zero-order valence-electron chi connectivity index (χ0n) is 18.2. The second-order valence-electron chi connectivity index (χ2n) is 7.44. The number of pyridine rings is 1. The Morgan fingerprint density at radius 3 is 2.34 bits per heavy atom. The predicted molar refractivity (Wildman–Crippen MR) is 131 cm³/mol. The van der Waals surface area contributed by atoms with E-state index in [1.165, 1.54) is 0 Å². The fraction of sp³-hybridized carbons (Fsp3) is 0.435. The molecule has 178 valence electrons. The summed E-state index contributed by atoms with van der Waals surface area (Å²) in [7, 11) is 1.68. The van der Waals surface area contributed by atoms with Gasteiger partial charge < -0.3 is 39.8 Å². The normalized spacial score (nSPS) is 11.8. The number of alkyl halides is 2. The number of hydrogen-bond donors (Lipinski definition) is 1. The maximum absolute atomic E-state index is 6.22. The number of benzene rings is 2. The van der Waals surface area contributed by atoms with Crippen molar-refractivity contribution in [3.8, 4) is 5.75 Å². The minimum Gasteiger partial charge on any atom is -1.00 e. The van der Waals surface area contributed by atoms with E-state index in [2.05, 4.69) is 17.1 Å². The summed E-state index contributed by atoms with van der Waals surface area (Å²) in [6, 6.07) is 12.1. The average molecular weight is 540 g/mol. The number of ether oxygens (including phenoxy) is 1. The Hall–Kier alpha value is -0.880. The van der Waals surface area contributed by atoms with Gasteiger partial charge in [0.1, 0.15) is 5.75 Å². The molecule has 32 heavy (non-hydrogen) atoms. The summed E-state index contributed by atoms with van der Waals surface area (Å²) in [5.41, 5.74) is 2.86. The standard InChI is InChI=1S/C23H28Cl3N3O.2ClH/c1-16(4-3-11-29(12-9-24)13-10-25)27-23-19-7-5-17(26)14-22(19)28-21-8-6-18(30-2)15-20(21)23;;/h5-8,14-16H,3-4,9-13H2,1-2H3,(H,27,28);2*1H/p-2. The lowest BCUT2D eigenvalue weighted by Gasteiger charge is -2.22. The van der Waals surface area contributed by atoms with Crippen molar-refractivity contribution in [3.63, 3.8) is 0 Å². The molecule has 3 rings (SSSR count). The van der Waals surface area contributed by atoms with E-state index in [1.807, 2.05) is 36.4 Å². The van der Waals surface area contributed by atoms with Crippen LogP contribution in [-0.4, -0.2) is 54.4 Å². The van der Waals surface area contributed by atoms with Gasteiger partial charge in [0.05, 0.1) is 23.8 Å². The number of nitrogens with one attached hydrogen (secondary N) is 1. The molecule has 0 spiro atoms. The van der Waals surface area contributed by atoms with Gasteiger partial charge >= 0.3 is 0 Å². The minimum atomic E-state index is 0. The Bertz CT molecular complexity index is 983. The van der Waals surface area contributed by atoms with Gasteiger partial charge in [0.2, 0.25) is 0 Å². The Balaban J connectivity index is 0.00000256. The first-order chi connectivity index (χ1) is 14.5. The lowest BCUT2D eigenvalue weighted by Crippen LogP contribution is -3.00. The molecule has 2 aromatic carbocycles. The highest BCUT2D eigenvalue weighted by molar-refractivity contribution is 6.31. The molecule has 0 aliphatic rings. The van der Waals surface area contributed by atoms with Crippen molar-refractivity contribution in [2.75, 3.05) is 43.8 Å². The van der Waals surface area contributed by atoms with E-state index < -0.39 is 0 Å². The van der Waals surface area contributed by atoms with Crippen LogP contribution in [0.2, 0.25) is 5.02 Å². The second-order valence-corrected chi connectivity index (χ2v) is 8.63. The number of halogens is 5. The first-order valence-corrected chi connectivity index (χ1v) is 11.7. The molecule has 9 heteroatoms. The SMILES string of the molecule is COc1ccc2nc3cc(Cl)ccc3c(NC(C)CCCN(CCCl)CCCl)c2c1.[Cl-].[Cl-]. The molecular formula is C23H28Cl5N3O-2.